The molecule has 0 aliphatic carbocycles. The zero-order valence-electron chi connectivity index (χ0n) is 15.3. The van der Waals surface area contributed by atoms with Crippen LogP contribution in [0, 0.1) is 5.92 Å². The normalized spacial score (nSPS) is 25.1. The maximum absolute atomic E-state index is 12.5. The summed E-state index contributed by atoms with van der Waals surface area (Å²) >= 11 is 1.59. The minimum absolute atomic E-state index is 0.0172. The SMILES string of the molecule is CC(C)(NC(=O)OC1CN2CCC1CC2)c1csc(-c2ccccc2)n1. The fourth-order valence-electron chi connectivity index (χ4n) is 3.80. The van der Waals surface area contributed by atoms with Crippen molar-refractivity contribution in [1.29, 1.82) is 0 Å². The van der Waals surface area contributed by atoms with Gasteiger partial charge < -0.3 is 10.1 Å². The van der Waals surface area contributed by atoms with Gasteiger partial charge in [0.25, 0.3) is 0 Å². The summed E-state index contributed by atoms with van der Waals surface area (Å²) in [7, 11) is 0. The van der Waals surface area contributed by atoms with Crippen LogP contribution in [0.1, 0.15) is 32.4 Å². The van der Waals surface area contributed by atoms with Gasteiger partial charge in [-0.2, -0.15) is 0 Å². The first kappa shape index (κ1) is 17.5. The first-order valence-electron chi connectivity index (χ1n) is 9.24. The van der Waals surface area contributed by atoms with Crippen LogP contribution < -0.4 is 5.32 Å². The summed E-state index contributed by atoms with van der Waals surface area (Å²) in [5.41, 5.74) is 1.37. The molecule has 138 valence electrons. The van der Waals surface area contributed by atoms with Gasteiger partial charge in [-0.1, -0.05) is 30.3 Å². The van der Waals surface area contributed by atoms with Gasteiger partial charge in [-0.15, -0.1) is 11.3 Å². The van der Waals surface area contributed by atoms with Crippen molar-refractivity contribution in [3.8, 4) is 10.6 Å². The molecule has 1 aromatic heterocycles. The summed E-state index contributed by atoms with van der Waals surface area (Å²) in [5.74, 6) is 0.512. The van der Waals surface area contributed by atoms with E-state index in [0.717, 1.165) is 48.7 Å². The van der Waals surface area contributed by atoms with Crippen LogP contribution in [0.15, 0.2) is 35.7 Å². The van der Waals surface area contributed by atoms with E-state index in [9.17, 15) is 4.79 Å². The highest BCUT2D eigenvalue weighted by atomic mass is 32.1. The second kappa shape index (κ2) is 7.00. The Labute approximate surface area is 158 Å². The zero-order valence-corrected chi connectivity index (χ0v) is 16.1. The van der Waals surface area contributed by atoms with E-state index in [1.807, 2.05) is 49.6 Å². The van der Waals surface area contributed by atoms with Crippen molar-refractivity contribution >= 4 is 17.4 Å². The van der Waals surface area contributed by atoms with E-state index in [-0.39, 0.29) is 12.2 Å². The number of piperidine rings is 3. The van der Waals surface area contributed by atoms with Gasteiger partial charge in [0.1, 0.15) is 11.1 Å². The average Bonchev–Trinajstić information content (AvgIpc) is 3.14. The van der Waals surface area contributed by atoms with Crippen LogP contribution in [0.5, 0.6) is 0 Å². The molecule has 0 radical (unpaired) electrons. The number of benzene rings is 1. The maximum Gasteiger partial charge on any atom is 0.408 e. The minimum atomic E-state index is -0.575. The van der Waals surface area contributed by atoms with Crippen molar-refractivity contribution in [1.82, 2.24) is 15.2 Å². The van der Waals surface area contributed by atoms with E-state index in [2.05, 4.69) is 10.2 Å². The molecule has 5 nitrogen and oxygen atoms in total. The van der Waals surface area contributed by atoms with Gasteiger partial charge in [-0.3, -0.25) is 4.90 Å². The smallest absolute Gasteiger partial charge is 0.408 e. The molecule has 26 heavy (non-hydrogen) atoms. The summed E-state index contributed by atoms with van der Waals surface area (Å²) in [4.78, 5) is 19.6. The third kappa shape index (κ3) is 3.62. The molecule has 3 fully saturated rings. The predicted octanol–water partition coefficient (Wildman–Crippen LogP) is 3.87. The van der Waals surface area contributed by atoms with Gasteiger partial charge in [0.2, 0.25) is 0 Å². The van der Waals surface area contributed by atoms with Gasteiger partial charge in [0, 0.05) is 17.5 Å². The van der Waals surface area contributed by atoms with E-state index in [1.54, 1.807) is 11.3 Å². The lowest BCUT2D eigenvalue weighted by molar-refractivity contribution is -0.0350. The van der Waals surface area contributed by atoms with E-state index in [1.165, 1.54) is 0 Å². The van der Waals surface area contributed by atoms with Gasteiger partial charge in [0.05, 0.1) is 11.2 Å². The summed E-state index contributed by atoms with van der Waals surface area (Å²) in [6, 6.07) is 10.1. The number of thiazole rings is 1. The number of hydrogen-bond acceptors (Lipinski definition) is 5. The Morgan fingerprint density at radius 3 is 2.65 bits per heavy atom. The fraction of sp³-hybridized carbons (Fsp3) is 0.500. The van der Waals surface area contributed by atoms with Gasteiger partial charge >= 0.3 is 6.09 Å². The number of fused-ring (bicyclic) bond motifs is 3. The summed E-state index contributed by atoms with van der Waals surface area (Å²) in [6.07, 6.45) is 1.94. The quantitative estimate of drug-likeness (QED) is 0.886. The Hall–Kier alpha value is -1.92. The van der Waals surface area contributed by atoms with Crippen molar-refractivity contribution in [3.63, 3.8) is 0 Å². The number of ether oxygens (including phenoxy) is 1. The molecule has 2 aromatic rings. The van der Waals surface area contributed by atoms with Crippen LogP contribution in [0.2, 0.25) is 0 Å². The maximum atomic E-state index is 12.5. The molecule has 3 saturated heterocycles. The number of hydrogen-bond donors (Lipinski definition) is 1. The molecule has 1 aromatic carbocycles. The number of amides is 1. The molecule has 5 rings (SSSR count). The van der Waals surface area contributed by atoms with Crippen molar-refractivity contribution < 1.29 is 9.53 Å². The summed E-state index contributed by atoms with van der Waals surface area (Å²) in [6.45, 7) is 7.08. The van der Waals surface area contributed by atoms with E-state index in [4.69, 9.17) is 9.72 Å². The van der Waals surface area contributed by atoms with Crippen LogP contribution in [0.25, 0.3) is 10.6 Å². The monoisotopic (exact) mass is 371 g/mol. The standard InChI is InChI=1S/C20H25N3O2S/c1-20(2,17-13-26-18(21-17)15-6-4-3-5-7-15)22-19(24)25-16-12-23-10-8-14(16)9-11-23/h3-7,13-14,16H,8-12H2,1-2H3,(H,22,24). The molecular formula is C20H25N3O2S. The fourth-order valence-corrected chi connectivity index (χ4v) is 4.80. The van der Waals surface area contributed by atoms with Gasteiger partial charge in [0.15, 0.2) is 0 Å². The number of nitrogens with one attached hydrogen (secondary N) is 1. The molecule has 2 bridgehead atoms. The molecule has 1 unspecified atom stereocenters. The van der Waals surface area contributed by atoms with Crippen LogP contribution >= 0.6 is 11.3 Å². The van der Waals surface area contributed by atoms with Crippen molar-refractivity contribution in [2.24, 2.45) is 5.92 Å². The molecule has 3 aliphatic heterocycles. The van der Waals surface area contributed by atoms with Crippen molar-refractivity contribution in [3.05, 3.63) is 41.4 Å². The number of carbonyl (C=O) groups is 1. The first-order chi connectivity index (χ1) is 12.5. The van der Waals surface area contributed by atoms with E-state index < -0.39 is 5.54 Å². The van der Waals surface area contributed by atoms with Crippen LogP contribution in [-0.2, 0) is 10.3 Å². The molecule has 1 amide bonds. The molecule has 3 aliphatic rings. The Kier molecular flexibility index (Phi) is 4.71. The van der Waals surface area contributed by atoms with Crippen molar-refractivity contribution in [2.75, 3.05) is 19.6 Å². The number of rotatable bonds is 4. The van der Waals surface area contributed by atoms with Crippen LogP contribution in [0.4, 0.5) is 4.79 Å². The highest BCUT2D eigenvalue weighted by Crippen LogP contribution is 2.31. The molecule has 4 heterocycles. The Bertz CT molecular complexity index is 766. The highest BCUT2D eigenvalue weighted by molar-refractivity contribution is 7.13. The molecule has 0 saturated carbocycles. The number of carbonyl (C=O) groups excluding carboxylic acids is 1. The minimum Gasteiger partial charge on any atom is -0.445 e. The molecule has 1 atom stereocenters. The lowest BCUT2D eigenvalue weighted by atomic mass is 9.86. The topological polar surface area (TPSA) is 54.5 Å². The van der Waals surface area contributed by atoms with Crippen molar-refractivity contribution in [2.45, 2.75) is 38.3 Å². The second-order valence-electron chi connectivity index (χ2n) is 7.74. The van der Waals surface area contributed by atoms with Gasteiger partial charge in [-0.05, 0) is 45.7 Å². The number of aromatic nitrogens is 1. The van der Waals surface area contributed by atoms with Gasteiger partial charge in [-0.25, -0.2) is 9.78 Å². The summed E-state index contributed by atoms with van der Waals surface area (Å²) in [5, 5.41) is 5.98. The molecule has 6 heteroatoms. The number of alkyl carbamates (subject to hydrolysis) is 1. The third-order valence-electron chi connectivity index (χ3n) is 5.43. The molecule has 0 spiro atoms. The second-order valence-corrected chi connectivity index (χ2v) is 8.59. The Balaban J connectivity index is 1.40. The average molecular weight is 372 g/mol. The van der Waals surface area contributed by atoms with Crippen LogP contribution in [-0.4, -0.2) is 41.7 Å². The highest BCUT2D eigenvalue weighted by Gasteiger charge is 2.37. The first-order valence-corrected chi connectivity index (χ1v) is 10.1. The van der Waals surface area contributed by atoms with E-state index in [0.29, 0.717) is 5.92 Å². The largest absolute Gasteiger partial charge is 0.445 e. The lowest BCUT2D eigenvalue weighted by Crippen LogP contribution is -2.53. The van der Waals surface area contributed by atoms with E-state index >= 15 is 0 Å². The Morgan fingerprint density at radius 2 is 2.00 bits per heavy atom. The number of nitrogens with zero attached hydrogens (tertiary/aromatic N) is 2. The lowest BCUT2D eigenvalue weighted by Gasteiger charge is -2.44. The molecular weight excluding hydrogens is 346 g/mol. The predicted molar refractivity (Wildman–Crippen MR) is 103 cm³/mol. The molecule has 1 N–H and O–H groups in total. The third-order valence-corrected chi connectivity index (χ3v) is 6.33. The van der Waals surface area contributed by atoms with Crippen LogP contribution in [0.3, 0.4) is 0 Å². The Morgan fingerprint density at radius 1 is 1.27 bits per heavy atom. The summed E-state index contributed by atoms with van der Waals surface area (Å²) < 4.78 is 5.76. The zero-order chi connectivity index (χ0) is 18.1.